The summed E-state index contributed by atoms with van der Waals surface area (Å²) in [7, 11) is 0. The van der Waals surface area contributed by atoms with Gasteiger partial charge < -0.3 is 15.3 Å². The maximum Gasteiger partial charge on any atom is 0.321 e. The smallest absolute Gasteiger partial charge is 0.321 e. The second-order valence-electron chi connectivity index (χ2n) is 9.34. The molecule has 1 aliphatic carbocycles. The van der Waals surface area contributed by atoms with Crippen LogP contribution < -0.4 is 5.32 Å². The van der Waals surface area contributed by atoms with Gasteiger partial charge in [-0.3, -0.25) is 4.90 Å². The SMILES string of the molecule is O=C(Nc1cccc(F)c1)N1CCCCN2[C@H](CO)[C@H](c3ccc(C#CC4CC4)cc3)[C@@H]2C1. The molecule has 2 amide bonds. The minimum Gasteiger partial charge on any atom is -0.395 e. The fourth-order valence-electron chi connectivity index (χ4n) is 5.10. The number of hydrogen-bond acceptors (Lipinski definition) is 3. The number of fused-ring (bicyclic) bond motifs is 1. The lowest BCUT2D eigenvalue weighted by Crippen LogP contribution is -2.68. The van der Waals surface area contributed by atoms with Crippen molar-refractivity contribution >= 4 is 11.7 Å². The molecule has 3 atom stereocenters. The second-order valence-corrected chi connectivity index (χ2v) is 9.34. The molecule has 1 saturated carbocycles. The zero-order valence-electron chi connectivity index (χ0n) is 18.7. The first kappa shape index (κ1) is 21.9. The van der Waals surface area contributed by atoms with Crippen LogP contribution in [0.15, 0.2) is 48.5 Å². The molecule has 3 aliphatic rings. The number of nitrogens with one attached hydrogen (secondary N) is 1. The van der Waals surface area contributed by atoms with E-state index in [9.17, 15) is 14.3 Å². The van der Waals surface area contributed by atoms with Crippen molar-refractivity contribution in [3.63, 3.8) is 0 Å². The second kappa shape index (κ2) is 9.54. The van der Waals surface area contributed by atoms with Gasteiger partial charge in [0, 0.05) is 48.3 Å². The van der Waals surface area contributed by atoms with Crippen LogP contribution in [0.1, 0.15) is 42.7 Å². The van der Waals surface area contributed by atoms with Gasteiger partial charge in [0.2, 0.25) is 0 Å². The van der Waals surface area contributed by atoms with Crippen molar-refractivity contribution in [1.29, 1.82) is 0 Å². The summed E-state index contributed by atoms with van der Waals surface area (Å²) in [6, 6.07) is 14.3. The number of benzene rings is 2. The van der Waals surface area contributed by atoms with Crippen LogP contribution in [0.4, 0.5) is 14.9 Å². The summed E-state index contributed by atoms with van der Waals surface area (Å²) in [6.45, 7) is 2.26. The van der Waals surface area contributed by atoms with Crippen molar-refractivity contribution in [2.24, 2.45) is 5.92 Å². The van der Waals surface area contributed by atoms with Crippen LogP contribution in [0, 0.1) is 23.6 Å². The highest BCUT2D eigenvalue weighted by Gasteiger charge is 2.49. The molecule has 0 radical (unpaired) electrons. The van der Waals surface area contributed by atoms with Gasteiger partial charge in [0.25, 0.3) is 0 Å². The Kier molecular flexibility index (Phi) is 6.34. The molecule has 2 heterocycles. The monoisotopic (exact) mass is 447 g/mol. The van der Waals surface area contributed by atoms with Crippen LogP contribution in [0.2, 0.25) is 0 Å². The number of amides is 2. The first-order valence-electron chi connectivity index (χ1n) is 11.9. The van der Waals surface area contributed by atoms with Gasteiger partial charge >= 0.3 is 6.03 Å². The maximum absolute atomic E-state index is 13.5. The molecule has 2 aliphatic heterocycles. The number of hydrogen-bond donors (Lipinski definition) is 2. The third-order valence-electron chi connectivity index (χ3n) is 7.03. The number of rotatable bonds is 3. The summed E-state index contributed by atoms with van der Waals surface area (Å²) in [6.07, 6.45) is 4.30. The molecule has 5 nitrogen and oxygen atoms in total. The van der Waals surface area contributed by atoms with E-state index in [4.69, 9.17) is 0 Å². The lowest BCUT2D eigenvalue weighted by atomic mass is 9.74. The van der Waals surface area contributed by atoms with E-state index in [0.29, 0.717) is 24.7 Å². The van der Waals surface area contributed by atoms with Crippen molar-refractivity contribution in [3.05, 3.63) is 65.5 Å². The van der Waals surface area contributed by atoms with E-state index >= 15 is 0 Å². The summed E-state index contributed by atoms with van der Waals surface area (Å²) < 4.78 is 13.5. The van der Waals surface area contributed by atoms with Gasteiger partial charge in [-0.1, -0.05) is 30.0 Å². The standard InChI is InChI=1S/C27H30FN3O2/c28-22-4-3-5-23(16-22)29-27(33)30-14-1-2-15-31-24(17-30)26(25(31)18-32)21-12-10-20(11-13-21)9-8-19-6-7-19/h3-5,10-13,16,19,24-26,32H,1-2,6-7,14-15,17-18H2,(H,29,33)/t24-,25+,26+/m0/s1. The van der Waals surface area contributed by atoms with Gasteiger partial charge in [-0.25, -0.2) is 9.18 Å². The number of anilines is 1. The lowest BCUT2D eigenvalue weighted by molar-refractivity contribution is -0.0585. The first-order valence-corrected chi connectivity index (χ1v) is 11.9. The number of carbonyl (C=O) groups excluding carboxylic acids is 1. The fourth-order valence-corrected chi connectivity index (χ4v) is 5.10. The molecular weight excluding hydrogens is 417 g/mol. The minimum absolute atomic E-state index is 0.0598. The average Bonchev–Trinajstić information content (AvgIpc) is 3.62. The number of urea groups is 1. The molecule has 5 rings (SSSR count). The molecule has 2 aromatic rings. The predicted octanol–water partition coefficient (Wildman–Crippen LogP) is 4.04. The first-order chi connectivity index (χ1) is 16.1. The van der Waals surface area contributed by atoms with Crippen LogP contribution in [-0.4, -0.2) is 59.3 Å². The van der Waals surface area contributed by atoms with E-state index in [1.54, 1.807) is 12.1 Å². The molecule has 3 fully saturated rings. The number of nitrogens with zero attached hydrogens (tertiary/aromatic N) is 2. The summed E-state index contributed by atoms with van der Waals surface area (Å²) in [5.41, 5.74) is 2.66. The molecule has 6 heteroatoms. The predicted molar refractivity (Wildman–Crippen MR) is 126 cm³/mol. The number of halogens is 1. The Hall–Kier alpha value is -2.88. The highest BCUT2D eigenvalue weighted by Crippen LogP contribution is 2.42. The van der Waals surface area contributed by atoms with Crippen molar-refractivity contribution < 1.29 is 14.3 Å². The van der Waals surface area contributed by atoms with Crippen molar-refractivity contribution in [2.45, 2.75) is 43.7 Å². The van der Waals surface area contributed by atoms with E-state index in [1.165, 1.54) is 30.5 Å². The van der Waals surface area contributed by atoms with Crippen LogP contribution in [0.25, 0.3) is 0 Å². The van der Waals surface area contributed by atoms with Gasteiger partial charge in [0.05, 0.1) is 6.61 Å². The molecule has 172 valence electrons. The van der Waals surface area contributed by atoms with Crippen molar-refractivity contribution in [2.75, 3.05) is 31.6 Å². The Morgan fingerprint density at radius 2 is 1.91 bits per heavy atom. The normalized spacial score (nSPS) is 25.0. The minimum atomic E-state index is -0.373. The largest absolute Gasteiger partial charge is 0.395 e. The van der Waals surface area contributed by atoms with E-state index in [2.05, 4.69) is 46.3 Å². The lowest BCUT2D eigenvalue weighted by Gasteiger charge is -2.57. The van der Waals surface area contributed by atoms with Crippen molar-refractivity contribution in [1.82, 2.24) is 9.80 Å². The van der Waals surface area contributed by atoms with Gasteiger partial charge in [0.1, 0.15) is 5.82 Å². The quantitative estimate of drug-likeness (QED) is 0.699. The highest BCUT2D eigenvalue weighted by molar-refractivity contribution is 5.89. The highest BCUT2D eigenvalue weighted by atomic mass is 19.1. The summed E-state index contributed by atoms with van der Waals surface area (Å²) in [5.74, 6) is 6.91. The molecule has 2 aromatic carbocycles. The summed E-state index contributed by atoms with van der Waals surface area (Å²) >= 11 is 0. The van der Waals surface area contributed by atoms with Crippen LogP contribution in [-0.2, 0) is 0 Å². The molecule has 0 spiro atoms. The third-order valence-corrected chi connectivity index (χ3v) is 7.03. The maximum atomic E-state index is 13.5. The zero-order valence-corrected chi connectivity index (χ0v) is 18.7. The van der Waals surface area contributed by atoms with Gasteiger partial charge in [-0.15, -0.1) is 0 Å². The number of carbonyl (C=O) groups is 1. The van der Waals surface area contributed by atoms with Crippen LogP contribution in [0.3, 0.4) is 0 Å². The molecule has 0 bridgehead atoms. The Balaban J connectivity index is 1.32. The van der Waals surface area contributed by atoms with Crippen molar-refractivity contribution in [3.8, 4) is 11.8 Å². The molecule has 2 saturated heterocycles. The molecular formula is C27H30FN3O2. The Morgan fingerprint density at radius 1 is 1.12 bits per heavy atom. The Morgan fingerprint density at radius 3 is 2.64 bits per heavy atom. The zero-order chi connectivity index (χ0) is 22.8. The van der Waals surface area contributed by atoms with Gasteiger partial charge in [0.15, 0.2) is 0 Å². The topological polar surface area (TPSA) is 55.8 Å². The Bertz CT molecular complexity index is 1060. The number of aliphatic hydroxyl groups is 1. The molecule has 33 heavy (non-hydrogen) atoms. The van der Waals surface area contributed by atoms with Gasteiger partial charge in [-0.05, 0) is 68.1 Å². The van der Waals surface area contributed by atoms with Crippen LogP contribution in [0.5, 0.6) is 0 Å². The number of aliphatic hydroxyl groups excluding tert-OH is 1. The molecule has 0 unspecified atom stereocenters. The summed E-state index contributed by atoms with van der Waals surface area (Å²) in [5, 5.41) is 13.0. The average molecular weight is 448 g/mol. The van der Waals surface area contributed by atoms with E-state index in [1.807, 2.05) is 4.90 Å². The third kappa shape index (κ3) is 4.90. The van der Waals surface area contributed by atoms with Crippen LogP contribution >= 0.6 is 0 Å². The van der Waals surface area contributed by atoms with E-state index in [0.717, 1.165) is 24.9 Å². The fraction of sp³-hybridized carbons (Fsp3) is 0.444. The molecule has 0 aromatic heterocycles. The van der Waals surface area contributed by atoms with Gasteiger partial charge in [-0.2, -0.15) is 0 Å². The van der Waals surface area contributed by atoms with E-state index < -0.39 is 0 Å². The Labute approximate surface area is 194 Å². The van der Waals surface area contributed by atoms with E-state index in [-0.39, 0.29) is 36.5 Å². The molecule has 2 N–H and O–H groups in total. The summed E-state index contributed by atoms with van der Waals surface area (Å²) in [4.78, 5) is 17.2.